The number of hydrogen-bond acceptors (Lipinski definition) is 2. The summed E-state index contributed by atoms with van der Waals surface area (Å²) in [4.78, 5) is 11.8. The van der Waals surface area contributed by atoms with E-state index < -0.39 is 29.0 Å². The highest BCUT2D eigenvalue weighted by molar-refractivity contribution is 9.10. The van der Waals surface area contributed by atoms with Crippen LogP contribution < -0.4 is 5.32 Å². The highest BCUT2D eigenvalue weighted by Gasteiger charge is 2.17. The molecule has 0 radical (unpaired) electrons. The second-order valence-electron chi connectivity index (χ2n) is 3.86. The Kier molecular flexibility index (Phi) is 3.99. The van der Waals surface area contributed by atoms with Gasteiger partial charge in [0, 0.05) is 16.6 Å². The SMILES string of the molecule is O=C(Nc1c(F)cc(F)cc1F)c1ccc(Br)cc1O. The van der Waals surface area contributed by atoms with Gasteiger partial charge < -0.3 is 10.4 Å². The maximum atomic E-state index is 13.4. The summed E-state index contributed by atoms with van der Waals surface area (Å²) in [6.07, 6.45) is 0. The minimum absolute atomic E-state index is 0.170. The lowest BCUT2D eigenvalue weighted by Crippen LogP contribution is -2.14. The summed E-state index contributed by atoms with van der Waals surface area (Å²) in [6, 6.07) is 4.90. The number of phenols is 1. The zero-order chi connectivity index (χ0) is 14.9. The number of rotatable bonds is 2. The molecule has 0 aromatic heterocycles. The molecule has 0 saturated carbocycles. The minimum Gasteiger partial charge on any atom is -0.507 e. The van der Waals surface area contributed by atoms with Gasteiger partial charge in [-0.2, -0.15) is 0 Å². The maximum absolute atomic E-state index is 13.4. The molecular weight excluding hydrogens is 339 g/mol. The van der Waals surface area contributed by atoms with Crippen LogP contribution in [0.1, 0.15) is 10.4 Å². The molecule has 0 aliphatic heterocycles. The number of halogens is 4. The van der Waals surface area contributed by atoms with Crippen molar-refractivity contribution >= 4 is 27.5 Å². The number of carbonyl (C=O) groups excluding carboxylic acids is 1. The van der Waals surface area contributed by atoms with Gasteiger partial charge in [0.1, 0.15) is 17.3 Å². The molecule has 2 aromatic rings. The van der Waals surface area contributed by atoms with Crippen LogP contribution in [0, 0.1) is 17.5 Å². The van der Waals surface area contributed by atoms with Crippen molar-refractivity contribution in [1.82, 2.24) is 0 Å². The Morgan fingerprint density at radius 2 is 1.70 bits per heavy atom. The van der Waals surface area contributed by atoms with E-state index in [0.717, 1.165) is 0 Å². The van der Waals surface area contributed by atoms with Crippen molar-refractivity contribution in [2.24, 2.45) is 0 Å². The predicted molar refractivity (Wildman–Crippen MR) is 70.1 cm³/mol. The van der Waals surface area contributed by atoms with E-state index in [1.165, 1.54) is 18.2 Å². The van der Waals surface area contributed by atoms with Crippen LogP contribution in [0.25, 0.3) is 0 Å². The number of anilines is 1. The topological polar surface area (TPSA) is 49.3 Å². The van der Waals surface area contributed by atoms with Crippen molar-refractivity contribution in [1.29, 1.82) is 0 Å². The van der Waals surface area contributed by atoms with E-state index in [0.29, 0.717) is 16.6 Å². The van der Waals surface area contributed by atoms with Crippen molar-refractivity contribution in [3.63, 3.8) is 0 Å². The fourth-order valence-corrected chi connectivity index (χ4v) is 1.89. The first-order valence-electron chi connectivity index (χ1n) is 5.33. The van der Waals surface area contributed by atoms with E-state index in [-0.39, 0.29) is 11.3 Å². The molecule has 20 heavy (non-hydrogen) atoms. The van der Waals surface area contributed by atoms with E-state index in [4.69, 9.17) is 0 Å². The summed E-state index contributed by atoms with van der Waals surface area (Å²) in [5.74, 6) is -4.86. The first-order valence-corrected chi connectivity index (χ1v) is 6.12. The van der Waals surface area contributed by atoms with E-state index in [9.17, 15) is 23.1 Å². The largest absolute Gasteiger partial charge is 0.507 e. The molecule has 2 rings (SSSR count). The van der Waals surface area contributed by atoms with Gasteiger partial charge in [0.05, 0.1) is 5.56 Å². The second kappa shape index (κ2) is 5.54. The Bertz CT molecular complexity index is 668. The van der Waals surface area contributed by atoms with Crippen molar-refractivity contribution in [3.05, 3.63) is 57.8 Å². The molecule has 0 bridgehead atoms. The average Bonchev–Trinajstić information content (AvgIpc) is 2.33. The molecule has 0 aliphatic rings. The van der Waals surface area contributed by atoms with Crippen LogP contribution in [0.4, 0.5) is 18.9 Å². The third-order valence-electron chi connectivity index (χ3n) is 2.45. The highest BCUT2D eigenvalue weighted by Crippen LogP contribution is 2.25. The van der Waals surface area contributed by atoms with Crippen LogP contribution in [0.2, 0.25) is 0 Å². The van der Waals surface area contributed by atoms with E-state index in [1.54, 1.807) is 0 Å². The molecule has 7 heteroatoms. The van der Waals surface area contributed by atoms with Gasteiger partial charge in [-0.3, -0.25) is 4.79 Å². The Morgan fingerprint density at radius 3 is 2.25 bits per heavy atom. The van der Waals surface area contributed by atoms with Gasteiger partial charge in [0.15, 0.2) is 11.6 Å². The van der Waals surface area contributed by atoms with Crippen molar-refractivity contribution in [3.8, 4) is 5.75 Å². The van der Waals surface area contributed by atoms with Crippen LogP contribution in [0.5, 0.6) is 5.75 Å². The lowest BCUT2D eigenvalue weighted by atomic mass is 10.2. The molecule has 104 valence electrons. The number of hydrogen-bond donors (Lipinski definition) is 2. The van der Waals surface area contributed by atoms with Crippen LogP contribution in [0.3, 0.4) is 0 Å². The molecule has 0 fully saturated rings. The molecule has 2 N–H and O–H groups in total. The Labute approximate surface area is 120 Å². The Balaban J connectivity index is 2.33. The summed E-state index contributed by atoms with van der Waals surface area (Å²) in [5.41, 5.74) is -0.949. The van der Waals surface area contributed by atoms with Gasteiger partial charge in [0.2, 0.25) is 0 Å². The predicted octanol–water partition coefficient (Wildman–Crippen LogP) is 3.82. The standard InChI is InChI=1S/C13H7BrF3NO2/c14-6-1-2-8(11(19)3-6)13(20)18-12-9(16)4-7(15)5-10(12)17/h1-5,19H,(H,18,20). The molecule has 0 spiro atoms. The van der Waals surface area contributed by atoms with Crippen molar-refractivity contribution in [2.75, 3.05) is 5.32 Å². The smallest absolute Gasteiger partial charge is 0.259 e. The summed E-state index contributed by atoms with van der Waals surface area (Å²) in [6.45, 7) is 0. The first-order chi connectivity index (χ1) is 9.38. The normalized spacial score (nSPS) is 10.4. The van der Waals surface area contributed by atoms with Gasteiger partial charge in [-0.1, -0.05) is 15.9 Å². The Morgan fingerprint density at radius 1 is 1.10 bits per heavy atom. The zero-order valence-corrected chi connectivity index (χ0v) is 11.3. The number of aromatic hydroxyl groups is 1. The second-order valence-corrected chi connectivity index (χ2v) is 4.78. The van der Waals surface area contributed by atoms with Gasteiger partial charge in [-0.15, -0.1) is 0 Å². The fourth-order valence-electron chi connectivity index (χ4n) is 1.54. The lowest BCUT2D eigenvalue weighted by Gasteiger charge is -2.09. The Hall–Kier alpha value is -2.02. The van der Waals surface area contributed by atoms with Crippen molar-refractivity contribution in [2.45, 2.75) is 0 Å². The van der Waals surface area contributed by atoms with Crippen LogP contribution in [-0.2, 0) is 0 Å². The summed E-state index contributed by atoms with van der Waals surface area (Å²) < 4.78 is 40.0. The van der Waals surface area contributed by atoms with Crippen LogP contribution >= 0.6 is 15.9 Å². The number of amides is 1. The van der Waals surface area contributed by atoms with Gasteiger partial charge in [-0.25, -0.2) is 13.2 Å². The third-order valence-corrected chi connectivity index (χ3v) is 2.94. The van der Waals surface area contributed by atoms with Crippen molar-refractivity contribution < 1.29 is 23.1 Å². The number of nitrogens with one attached hydrogen (secondary N) is 1. The molecule has 0 saturated heterocycles. The molecular formula is C13H7BrF3NO2. The van der Waals surface area contributed by atoms with E-state index >= 15 is 0 Å². The average molecular weight is 346 g/mol. The summed E-state index contributed by atoms with van der Waals surface area (Å²) in [7, 11) is 0. The van der Waals surface area contributed by atoms with Crippen LogP contribution in [0.15, 0.2) is 34.8 Å². The molecule has 0 heterocycles. The molecule has 1 amide bonds. The summed E-state index contributed by atoms with van der Waals surface area (Å²) >= 11 is 3.09. The van der Waals surface area contributed by atoms with E-state index in [2.05, 4.69) is 15.9 Å². The molecule has 0 unspecified atom stereocenters. The summed E-state index contributed by atoms with van der Waals surface area (Å²) in [5, 5.41) is 11.5. The molecule has 0 atom stereocenters. The quantitative estimate of drug-likeness (QED) is 0.869. The van der Waals surface area contributed by atoms with Gasteiger partial charge >= 0.3 is 0 Å². The number of phenolic OH excluding ortho intramolecular Hbond substituents is 1. The number of benzene rings is 2. The molecule has 3 nitrogen and oxygen atoms in total. The molecule has 2 aromatic carbocycles. The van der Waals surface area contributed by atoms with Gasteiger partial charge in [0.25, 0.3) is 5.91 Å². The lowest BCUT2D eigenvalue weighted by molar-refractivity contribution is 0.102. The third kappa shape index (κ3) is 2.93. The highest BCUT2D eigenvalue weighted by atomic mass is 79.9. The maximum Gasteiger partial charge on any atom is 0.259 e. The van der Waals surface area contributed by atoms with Crippen LogP contribution in [-0.4, -0.2) is 11.0 Å². The monoisotopic (exact) mass is 345 g/mol. The number of carbonyl (C=O) groups is 1. The molecule has 0 aliphatic carbocycles. The van der Waals surface area contributed by atoms with Gasteiger partial charge in [-0.05, 0) is 18.2 Å². The first kappa shape index (κ1) is 14.4. The minimum atomic E-state index is -1.24. The fraction of sp³-hybridized carbons (Fsp3) is 0. The van der Waals surface area contributed by atoms with E-state index in [1.807, 2.05) is 5.32 Å². The zero-order valence-electron chi connectivity index (χ0n) is 9.75.